The van der Waals surface area contributed by atoms with Crippen molar-refractivity contribution in [1.82, 2.24) is 5.32 Å². The van der Waals surface area contributed by atoms with Crippen molar-refractivity contribution in [2.45, 2.75) is 25.5 Å². The highest BCUT2D eigenvalue weighted by Crippen LogP contribution is 2.29. The van der Waals surface area contributed by atoms with Crippen molar-refractivity contribution < 1.29 is 14.6 Å². The van der Waals surface area contributed by atoms with E-state index in [-0.39, 0.29) is 12.1 Å². The van der Waals surface area contributed by atoms with Crippen LogP contribution < -0.4 is 14.8 Å². The van der Waals surface area contributed by atoms with Gasteiger partial charge in [0.2, 0.25) is 0 Å². The summed E-state index contributed by atoms with van der Waals surface area (Å²) in [5, 5.41) is 22.3. The van der Waals surface area contributed by atoms with Crippen LogP contribution in [0.4, 0.5) is 0 Å². The van der Waals surface area contributed by atoms with Gasteiger partial charge in [-0.25, -0.2) is 0 Å². The van der Waals surface area contributed by atoms with Crippen LogP contribution in [0.3, 0.4) is 0 Å². The van der Waals surface area contributed by atoms with Gasteiger partial charge in [0.15, 0.2) is 0 Å². The molecule has 0 aliphatic heterocycles. The smallest absolute Gasteiger partial charge is 0.123 e. The van der Waals surface area contributed by atoms with Gasteiger partial charge in [-0.3, -0.25) is 0 Å². The molecule has 0 aliphatic rings. The third-order valence-corrected chi connectivity index (χ3v) is 3.99. The zero-order valence-corrected chi connectivity index (χ0v) is 14.8. The summed E-state index contributed by atoms with van der Waals surface area (Å²) in [6, 6.07) is 16.7. The summed E-state index contributed by atoms with van der Waals surface area (Å²) in [6.45, 7) is 4.63. The van der Waals surface area contributed by atoms with Crippen molar-refractivity contribution in [3.05, 3.63) is 59.7 Å². The number of para-hydroxylation sites is 1. The Morgan fingerprint density at radius 1 is 1.16 bits per heavy atom. The molecule has 0 bridgehead atoms. The average Bonchev–Trinajstić information content (AvgIpc) is 2.65. The van der Waals surface area contributed by atoms with Crippen molar-refractivity contribution in [2.24, 2.45) is 0 Å². The van der Waals surface area contributed by atoms with Crippen LogP contribution in [0, 0.1) is 11.3 Å². The lowest BCUT2D eigenvalue weighted by Gasteiger charge is -2.29. The molecule has 0 saturated carbocycles. The number of benzene rings is 2. The Bertz CT molecular complexity index is 720. The lowest BCUT2D eigenvalue weighted by molar-refractivity contribution is 0.0985. The molecule has 1 atom stereocenters. The molecule has 0 aliphatic carbocycles. The molecule has 0 spiro atoms. The molecule has 0 aromatic heterocycles. The minimum absolute atomic E-state index is 0.168. The van der Waals surface area contributed by atoms with Gasteiger partial charge in [0.1, 0.15) is 24.2 Å². The standard InChI is InChI=1S/C20H24N2O3/c1-20(2,18-6-4-5-7-19(18)24-3)22-13-16(23)14-25-17-10-8-15(12-21)9-11-17/h4-11,16,22-23H,13-14H2,1-3H3. The van der Waals surface area contributed by atoms with E-state index in [0.29, 0.717) is 17.9 Å². The van der Waals surface area contributed by atoms with Gasteiger partial charge in [-0.15, -0.1) is 0 Å². The van der Waals surface area contributed by atoms with E-state index in [2.05, 4.69) is 11.4 Å². The molecule has 0 heterocycles. The zero-order valence-electron chi connectivity index (χ0n) is 14.8. The summed E-state index contributed by atoms with van der Waals surface area (Å²) < 4.78 is 11.0. The van der Waals surface area contributed by atoms with Gasteiger partial charge in [-0.2, -0.15) is 5.26 Å². The summed E-state index contributed by atoms with van der Waals surface area (Å²) in [4.78, 5) is 0. The van der Waals surface area contributed by atoms with Crippen LogP contribution >= 0.6 is 0 Å². The normalized spacial score (nSPS) is 12.3. The second kappa shape index (κ2) is 8.52. The molecule has 5 nitrogen and oxygen atoms in total. The third kappa shape index (κ3) is 5.21. The summed E-state index contributed by atoms with van der Waals surface area (Å²) in [6.07, 6.45) is -0.662. The van der Waals surface area contributed by atoms with Crippen LogP contribution in [0.2, 0.25) is 0 Å². The molecule has 5 heteroatoms. The minimum Gasteiger partial charge on any atom is -0.496 e. The van der Waals surface area contributed by atoms with E-state index < -0.39 is 6.10 Å². The molecule has 132 valence electrons. The number of methoxy groups -OCH3 is 1. The molecule has 0 radical (unpaired) electrons. The number of ether oxygens (including phenoxy) is 2. The van der Waals surface area contributed by atoms with Gasteiger partial charge < -0.3 is 19.9 Å². The highest BCUT2D eigenvalue weighted by Gasteiger charge is 2.24. The van der Waals surface area contributed by atoms with Crippen LogP contribution in [0.1, 0.15) is 25.0 Å². The Labute approximate surface area is 148 Å². The van der Waals surface area contributed by atoms with E-state index in [1.807, 2.05) is 38.1 Å². The van der Waals surface area contributed by atoms with Crippen LogP contribution in [0.5, 0.6) is 11.5 Å². The van der Waals surface area contributed by atoms with Gasteiger partial charge in [0.25, 0.3) is 0 Å². The largest absolute Gasteiger partial charge is 0.496 e. The lowest BCUT2D eigenvalue weighted by atomic mass is 9.93. The Morgan fingerprint density at radius 2 is 1.84 bits per heavy atom. The van der Waals surface area contributed by atoms with E-state index in [0.717, 1.165) is 11.3 Å². The Balaban J connectivity index is 1.87. The first kappa shape index (κ1) is 18.8. The van der Waals surface area contributed by atoms with Crippen molar-refractivity contribution in [2.75, 3.05) is 20.3 Å². The predicted octanol–water partition coefficient (Wildman–Crippen LogP) is 2.83. The Kier molecular flexibility index (Phi) is 6.40. The van der Waals surface area contributed by atoms with Gasteiger partial charge >= 0.3 is 0 Å². The topological polar surface area (TPSA) is 74.5 Å². The summed E-state index contributed by atoms with van der Waals surface area (Å²) >= 11 is 0. The second-order valence-corrected chi connectivity index (χ2v) is 6.31. The SMILES string of the molecule is COc1ccccc1C(C)(C)NCC(O)COc1ccc(C#N)cc1. The average molecular weight is 340 g/mol. The van der Waals surface area contributed by atoms with Gasteiger partial charge in [-0.05, 0) is 44.2 Å². The highest BCUT2D eigenvalue weighted by atomic mass is 16.5. The van der Waals surface area contributed by atoms with E-state index in [4.69, 9.17) is 14.7 Å². The van der Waals surface area contributed by atoms with Gasteiger partial charge in [0.05, 0.1) is 18.7 Å². The first-order valence-electron chi connectivity index (χ1n) is 8.16. The molecule has 2 rings (SSSR count). The fraction of sp³-hybridized carbons (Fsp3) is 0.350. The van der Waals surface area contributed by atoms with E-state index in [1.165, 1.54) is 0 Å². The van der Waals surface area contributed by atoms with E-state index in [1.54, 1.807) is 31.4 Å². The van der Waals surface area contributed by atoms with Gasteiger partial charge in [-0.1, -0.05) is 18.2 Å². The molecule has 25 heavy (non-hydrogen) atoms. The summed E-state index contributed by atoms with van der Waals surface area (Å²) in [5.74, 6) is 1.44. The molecule has 0 amide bonds. The number of nitrogens with one attached hydrogen (secondary N) is 1. The van der Waals surface area contributed by atoms with Crippen molar-refractivity contribution in [3.63, 3.8) is 0 Å². The zero-order chi connectivity index (χ0) is 18.3. The predicted molar refractivity (Wildman–Crippen MR) is 96.7 cm³/mol. The van der Waals surface area contributed by atoms with Gasteiger partial charge in [0, 0.05) is 17.6 Å². The number of hydrogen-bond acceptors (Lipinski definition) is 5. The molecule has 1 unspecified atom stereocenters. The monoisotopic (exact) mass is 340 g/mol. The second-order valence-electron chi connectivity index (χ2n) is 6.31. The van der Waals surface area contributed by atoms with Crippen molar-refractivity contribution in [3.8, 4) is 17.6 Å². The first-order chi connectivity index (χ1) is 12.0. The summed E-state index contributed by atoms with van der Waals surface area (Å²) in [5.41, 5.74) is 1.24. The maximum absolute atomic E-state index is 10.2. The number of hydrogen-bond donors (Lipinski definition) is 2. The van der Waals surface area contributed by atoms with Crippen LogP contribution in [0.25, 0.3) is 0 Å². The number of rotatable bonds is 8. The van der Waals surface area contributed by atoms with Crippen LogP contribution in [-0.4, -0.2) is 31.5 Å². The highest BCUT2D eigenvalue weighted by molar-refractivity contribution is 5.38. The minimum atomic E-state index is -0.662. The third-order valence-electron chi connectivity index (χ3n) is 3.99. The fourth-order valence-electron chi connectivity index (χ4n) is 2.51. The molecule has 2 N–H and O–H groups in total. The number of nitriles is 1. The quantitative estimate of drug-likeness (QED) is 0.773. The molecule has 0 saturated heterocycles. The van der Waals surface area contributed by atoms with Crippen LogP contribution in [0.15, 0.2) is 48.5 Å². The molecule has 0 fully saturated rings. The van der Waals surface area contributed by atoms with Crippen LogP contribution in [-0.2, 0) is 5.54 Å². The number of aliphatic hydroxyl groups excluding tert-OH is 1. The Hall–Kier alpha value is -2.55. The Morgan fingerprint density at radius 3 is 2.48 bits per heavy atom. The summed E-state index contributed by atoms with van der Waals surface area (Å²) in [7, 11) is 1.65. The van der Waals surface area contributed by atoms with Crippen molar-refractivity contribution >= 4 is 0 Å². The lowest BCUT2D eigenvalue weighted by Crippen LogP contribution is -2.42. The van der Waals surface area contributed by atoms with E-state index >= 15 is 0 Å². The molecular formula is C20H24N2O3. The number of aliphatic hydroxyl groups is 1. The number of nitrogens with zero attached hydrogens (tertiary/aromatic N) is 1. The molecule has 2 aromatic carbocycles. The van der Waals surface area contributed by atoms with E-state index in [9.17, 15) is 5.11 Å². The van der Waals surface area contributed by atoms with Crippen molar-refractivity contribution in [1.29, 1.82) is 5.26 Å². The first-order valence-corrected chi connectivity index (χ1v) is 8.16. The molecular weight excluding hydrogens is 316 g/mol. The maximum Gasteiger partial charge on any atom is 0.123 e. The molecule has 2 aromatic rings. The maximum atomic E-state index is 10.2. The fourth-order valence-corrected chi connectivity index (χ4v) is 2.51.